The first-order valence-electron chi connectivity index (χ1n) is 12.5. The number of nitrogens with zero attached hydrogens (tertiary/aromatic N) is 3. The number of thiol groups is 1. The van der Waals surface area contributed by atoms with Crippen LogP contribution < -0.4 is 9.47 Å². The molecule has 0 bridgehead atoms. The fraction of sp³-hybridized carbons (Fsp3) is 0.462. The van der Waals surface area contributed by atoms with E-state index < -0.39 is 28.4 Å². The molecule has 0 unspecified atom stereocenters. The normalized spacial score (nSPS) is 20.9. The van der Waals surface area contributed by atoms with Gasteiger partial charge in [0.2, 0.25) is 0 Å². The lowest BCUT2D eigenvalue weighted by Gasteiger charge is -2.36. The van der Waals surface area contributed by atoms with E-state index >= 15 is 0 Å². The molecule has 0 aromatic heterocycles. The number of rotatable bonds is 8. The van der Waals surface area contributed by atoms with Crippen molar-refractivity contribution in [1.29, 1.82) is 0 Å². The fourth-order valence-corrected chi connectivity index (χ4v) is 6.56. The molecule has 2 heterocycles. The van der Waals surface area contributed by atoms with Gasteiger partial charge in [0.15, 0.2) is 0 Å². The summed E-state index contributed by atoms with van der Waals surface area (Å²) in [6.45, 7) is 0.600. The number of hydrogen-bond donors (Lipinski definition) is 1. The number of benzene rings is 2. The lowest BCUT2D eigenvalue weighted by molar-refractivity contribution is 0.0863. The average molecular weight is 580 g/mol. The number of carbonyl (C=O) groups is 2. The summed E-state index contributed by atoms with van der Waals surface area (Å²) in [7, 11) is -1.01. The van der Waals surface area contributed by atoms with Crippen LogP contribution in [0.5, 0.6) is 11.5 Å². The van der Waals surface area contributed by atoms with Gasteiger partial charge in [-0.15, -0.1) is 0 Å². The van der Waals surface area contributed by atoms with Gasteiger partial charge in [-0.2, -0.15) is 29.7 Å². The smallest absolute Gasteiger partial charge is 0.424 e. The maximum Gasteiger partial charge on any atom is 0.424 e. The van der Waals surface area contributed by atoms with Crippen molar-refractivity contribution in [2.24, 2.45) is 0 Å². The second-order valence-corrected chi connectivity index (χ2v) is 11.9. The molecular formula is C26H33N3O8S2. The van der Waals surface area contributed by atoms with Crippen LogP contribution in [0.4, 0.5) is 9.59 Å². The summed E-state index contributed by atoms with van der Waals surface area (Å²) in [6, 6.07) is 13.6. The minimum absolute atomic E-state index is 0.0216. The maximum absolute atomic E-state index is 13.3. The quantitative estimate of drug-likeness (QED) is 0.474. The average Bonchev–Trinajstić information content (AvgIpc) is 3.31. The summed E-state index contributed by atoms with van der Waals surface area (Å²) in [6.07, 6.45) is -0.549. The number of carbonyl (C=O) groups excluding carboxylic acids is 2. The molecule has 2 amide bonds. The molecular weight excluding hydrogens is 546 g/mol. The molecule has 2 atom stereocenters. The molecule has 0 N–H and O–H groups in total. The highest BCUT2D eigenvalue weighted by Gasteiger charge is 2.42. The van der Waals surface area contributed by atoms with E-state index in [1.807, 2.05) is 0 Å². The first-order valence-corrected chi connectivity index (χ1v) is 14.4. The summed E-state index contributed by atoms with van der Waals surface area (Å²) in [4.78, 5) is 27.2. The predicted octanol–water partition coefficient (Wildman–Crippen LogP) is 3.30. The van der Waals surface area contributed by atoms with E-state index in [2.05, 4.69) is 12.6 Å². The van der Waals surface area contributed by atoms with Gasteiger partial charge in [-0.25, -0.2) is 9.59 Å². The van der Waals surface area contributed by atoms with Crippen LogP contribution in [0, 0.1) is 0 Å². The van der Waals surface area contributed by atoms with Crippen molar-refractivity contribution < 1.29 is 37.0 Å². The van der Waals surface area contributed by atoms with E-state index in [0.29, 0.717) is 36.4 Å². The highest BCUT2D eigenvalue weighted by atomic mass is 32.2. The molecule has 2 aromatic carbocycles. The van der Waals surface area contributed by atoms with E-state index in [4.69, 9.17) is 18.9 Å². The van der Waals surface area contributed by atoms with Crippen molar-refractivity contribution in [1.82, 2.24) is 13.5 Å². The monoisotopic (exact) mass is 579 g/mol. The second-order valence-electron chi connectivity index (χ2n) is 9.29. The summed E-state index contributed by atoms with van der Waals surface area (Å²) < 4.78 is 49.7. The van der Waals surface area contributed by atoms with Gasteiger partial charge >= 0.3 is 22.4 Å². The van der Waals surface area contributed by atoms with E-state index in [9.17, 15) is 18.0 Å². The van der Waals surface area contributed by atoms with Gasteiger partial charge in [-0.3, -0.25) is 0 Å². The first-order chi connectivity index (χ1) is 18.7. The van der Waals surface area contributed by atoms with Crippen molar-refractivity contribution in [2.45, 2.75) is 37.3 Å². The molecule has 0 aliphatic carbocycles. The Kier molecular flexibility index (Phi) is 9.46. The molecule has 11 nitrogen and oxygen atoms in total. The summed E-state index contributed by atoms with van der Waals surface area (Å²) in [5.74, 6) is 1.36. The van der Waals surface area contributed by atoms with Crippen molar-refractivity contribution in [3.8, 4) is 11.5 Å². The van der Waals surface area contributed by atoms with Crippen molar-refractivity contribution in [2.75, 3.05) is 40.4 Å². The Hall–Kier alpha value is -3.16. The van der Waals surface area contributed by atoms with Gasteiger partial charge in [0.05, 0.1) is 20.3 Å². The molecule has 2 saturated heterocycles. The third-order valence-electron chi connectivity index (χ3n) is 6.66. The van der Waals surface area contributed by atoms with Gasteiger partial charge in [-0.1, -0.05) is 24.3 Å². The van der Waals surface area contributed by atoms with E-state index in [-0.39, 0.29) is 38.1 Å². The molecule has 212 valence electrons. The Bertz CT molecular complexity index is 1240. The molecule has 0 saturated carbocycles. The van der Waals surface area contributed by atoms with Gasteiger partial charge in [-0.05, 0) is 48.2 Å². The highest BCUT2D eigenvalue weighted by molar-refractivity contribution is 7.87. The number of hydrogen-bond acceptors (Lipinski definition) is 9. The largest absolute Gasteiger partial charge is 0.497 e. The van der Waals surface area contributed by atoms with Crippen LogP contribution in [0.1, 0.15) is 24.0 Å². The van der Waals surface area contributed by atoms with Crippen LogP contribution in [0.2, 0.25) is 0 Å². The summed E-state index contributed by atoms with van der Waals surface area (Å²) in [5, 5.41) is -0.124. The SMILES string of the molecule is COc1ccc(COC(=O)N2C[C@@H](S)C[C@H]2CN2CCCN(C(=O)OCc3ccc(OC)cc3)S2(=O)=O)cc1. The Morgan fingerprint density at radius 2 is 1.41 bits per heavy atom. The van der Waals surface area contributed by atoms with E-state index in [0.717, 1.165) is 9.87 Å². The molecule has 2 aromatic rings. The minimum Gasteiger partial charge on any atom is -0.497 e. The molecule has 39 heavy (non-hydrogen) atoms. The number of methoxy groups -OCH3 is 2. The van der Waals surface area contributed by atoms with Crippen LogP contribution in [0.15, 0.2) is 48.5 Å². The standard InChI is InChI=1S/C26H33N3O8S2/c1-34-22-8-4-19(5-9-22)17-36-25(30)28-16-24(38)14-21(28)15-27-12-3-13-29(39(27,32)33)26(31)37-18-20-6-10-23(35-2)11-7-20/h4-11,21,24,38H,3,12-18H2,1-2H3/t21-,24-/m0/s1. The van der Waals surface area contributed by atoms with E-state index in [1.54, 1.807) is 62.8 Å². The van der Waals surface area contributed by atoms with Crippen LogP contribution in [-0.4, -0.2) is 85.8 Å². The van der Waals surface area contributed by atoms with Crippen LogP contribution in [0.3, 0.4) is 0 Å². The van der Waals surface area contributed by atoms with Crippen molar-refractivity contribution >= 4 is 35.0 Å². The lowest BCUT2D eigenvalue weighted by Crippen LogP contribution is -2.55. The predicted molar refractivity (Wildman–Crippen MR) is 146 cm³/mol. The third-order valence-corrected chi connectivity index (χ3v) is 8.91. The fourth-order valence-electron chi connectivity index (χ4n) is 4.54. The Morgan fingerprint density at radius 3 is 1.95 bits per heavy atom. The molecule has 0 spiro atoms. The Morgan fingerprint density at radius 1 is 0.872 bits per heavy atom. The summed E-state index contributed by atoms with van der Waals surface area (Å²) >= 11 is 4.53. The zero-order valence-corrected chi connectivity index (χ0v) is 23.6. The summed E-state index contributed by atoms with van der Waals surface area (Å²) in [5.41, 5.74) is 1.50. The zero-order valence-electron chi connectivity index (χ0n) is 21.9. The third kappa shape index (κ3) is 7.08. The molecule has 2 aliphatic heterocycles. The number of likely N-dealkylation sites (tertiary alicyclic amines) is 1. The van der Waals surface area contributed by atoms with Crippen molar-refractivity contribution in [3.63, 3.8) is 0 Å². The van der Waals surface area contributed by atoms with Crippen LogP contribution in [-0.2, 0) is 32.9 Å². The minimum atomic E-state index is -4.14. The van der Waals surface area contributed by atoms with Crippen LogP contribution >= 0.6 is 12.6 Å². The lowest BCUT2D eigenvalue weighted by atomic mass is 10.2. The Labute approximate surface area is 234 Å². The second kappa shape index (κ2) is 12.8. The molecule has 4 rings (SSSR count). The molecule has 2 aliphatic rings. The van der Waals surface area contributed by atoms with E-state index in [1.165, 1.54) is 9.21 Å². The molecule has 2 fully saturated rings. The Balaban J connectivity index is 1.35. The number of amides is 2. The van der Waals surface area contributed by atoms with Crippen molar-refractivity contribution in [3.05, 3.63) is 59.7 Å². The van der Waals surface area contributed by atoms with Crippen LogP contribution in [0.25, 0.3) is 0 Å². The maximum atomic E-state index is 13.3. The molecule has 13 heteroatoms. The zero-order chi connectivity index (χ0) is 28.0. The first kappa shape index (κ1) is 28.8. The highest BCUT2D eigenvalue weighted by Crippen LogP contribution is 2.27. The molecule has 0 radical (unpaired) electrons. The number of ether oxygens (including phenoxy) is 4. The topological polar surface area (TPSA) is 115 Å². The van der Waals surface area contributed by atoms with Gasteiger partial charge in [0.25, 0.3) is 0 Å². The van der Waals surface area contributed by atoms with Gasteiger partial charge in [0, 0.05) is 31.4 Å². The van der Waals surface area contributed by atoms with Gasteiger partial charge in [0.1, 0.15) is 24.7 Å². The van der Waals surface area contributed by atoms with Gasteiger partial charge < -0.3 is 23.8 Å².